The SMILES string of the molecule is CCCNc1cc(CSC2CCCC(C)C2)ccn1. The third-order valence-corrected chi connectivity index (χ3v) is 5.15. The van der Waals surface area contributed by atoms with Crippen LogP contribution in [-0.4, -0.2) is 16.8 Å². The van der Waals surface area contributed by atoms with Crippen LogP contribution in [0, 0.1) is 5.92 Å². The predicted octanol–water partition coefficient (Wildman–Crippen LogP) is 4.72. The van der Waals surface area contributed by atoms with Crippen molar-refractivity contribution in [2.24, 2.45) is 5.92 Å². The summed E-state index contributed by atoms with van der Waals surface area (Å²) in [6.45, 7) is 5.58. The minimum atomic E-state index is 0.865. The van der Waals surface area contributed by atoms with E-state index in [9.17, 15) is 0 Å². The van der Waals surface area contributed by atoms with Gasteiger partial charge >= 0.3 is 0 Å². The second kappa shape index (κ2) is 7.78. The van der Waals surface area contributed by atoms with Crippen molar-refractivity contribution in [3.63, 3.8) is 0 Å². The van der Waals surface area contributed by atoms with Gasteiger partial charge in [0.25, 0.3) is 0 Å². The first-order valence-corrected chi connectivity index (χ1v) is 8.63. The molecule has 3 heteroatoms. The molecule has 1 fully saturated rings. The van der Waals surface area contributed by atoms with Gasteiger partial charge in [0, 0.05) is 23.7 Å². The molecule has 1 aliphatic carbocycles. The molecule has 0 bridgehead atoms. The Morgan fingerprint density at radius 2 is 2.32 bits per heavy atom. The first-order chi connectivity index (χ1) is 9.28. The topological polar surface area (TPSA) is 24.9 Å². The maximum Gasteiger partial charge on any atom is 0.126 e. The lowest BCUT2D eigenvalue weighted by Crippen LogP contribution is -2.15. The van der Waals surface area contributed by atoms with Gasteiger partial charge in [0.05, 0.1) is 0 Å². The van der Waals surface area contributed by atoms with E-state index in [1.54, 1.807) is 0 Å². The van der Waals surface area contributed by atoms with E-state index in [-0.39, 0.29) is 0 Å². The quantitative estimate of drug-likeness (QED) is 0.815. The van der Waals surface area contributed by atoms with Crippen LogP contribution in [0.1, 0.15) is 51.5 Å². The molecule has 2 nitrogen and oxygen atoms in total. The highest BCUT2D eigenvalue weighted by molar-refractivity contribution is 7.99. The average molecular weight is 278 g/mol. The summed E-state index contributed by atoms with van der Waals surface area (Å²) in [5.74, 6) is 3.07. The summed E-state index contributed by atoms with van der Waals surface area (Å²) in [4.78, 5) is 4.36. The molecule has 0 spiro atoms. The Kier molecular flexibility index (Phi) is 6.02. The molecule has 0 aromatic carbocycles. The number of hydrogen-bond donors (Lipinski definition) is 1. The van der Waals surface area contributed by atoms with Gasteiger partial charge in [-0.05, 0) is 42.9 Å². The minimum absolute atomic E-state index is 0.865. The fourth-order valence-electron chi connectivity index (χ4n) is 2.66. The van der Waals surface area contributed by atoms with E-state index in [0.717, 1.165) is 35.7 Å². The number of nitrogens with one attached hydrogen (secondary N) is 1. The molecule has 1 aromatic heterocycles. The molecular formula is C16H26N2S. The molecule has 1 aromatic rings. The molecule has 106 valence electrons. The van der Waals surface area contributed by atoms with E-state index in [2.05, 4.69) is 48.0 Å². The van der Waals surface area contributed by atoms with Gasteiger partial charge in [0.2, 0.25) is 0 Å². The van der Waals surface area contributed by atoms with Gasteiger partial charge in [-0.1, -0.05) is 26.7 Å². The number of thioether (sulfide) groups is 1. The summed E-state index contributed by atoms with van der Waals surface area (Å²) in [6, 6.07) is 4.35. The van der Waals surface area contributed by atoms with E-state index in [1.165, 1.54) is 31.2 Å². The van der Waals surface area contributed by atoms with Crippen molar-refractivity contribution < 1.29 is 0 Å². The fourth-order valence-corrected chi connectivity index (χ4v) is 4.06. The van der Waals surface area contributed by atoms with Crippen molar-refractivity contribution in [2.45, 2.75) is 57.0 Å². The van der Waals surface area contributed by atoms with Crippen LogP contribution in [0.3, 0.4) is 0 Å². The average Bonchev–Trinajstić information content (AvgIpc) is 2.43. The molecule has 19 heavy (non-hydrogen) atoms. The molecule has 2 rings (SSSR count). The zero-order valence-corrected chi connectivity index (χ0v) is 13.0. The molecule has 1 aliphatic rings. The number of aromatic nitrogens is 1. The number of hydrogen-bond acceptors (Lipinski definition) is 3. The standard InChI is InChI=1S/C16H26N2S/c1-3-8-17-16-11-14(7-9-18-16)12-19-15-6-4-5-13(2)10-15/h7,9,11,13,15H,3-6,8,10,12H2,1-2H3,(H,17,18). The molecular weight excluding hydrogens is 252 g/mol. The van der Waals surface area contributed by atoms with Crippen LogP contribution in [0.2, 0.25) is 0 Å². The van der Waals surface area contributed by atoms with Crippen molar-refractivity contribution in [3.05, 3.63) is 23.9 Å². The Bertz CT molecular complexity index is 381. The molecule has 1 saturated carbocycles. The Hall–Kier alpha value is -0.700. The van der Waals surface area contributed by atoms with E-state index >= 15 is 0 Å². The van der Waals surface area contributed by atoms with E-state index in [4.69, 9.17) is 0 Å². The zero-order valence-electron chi connectivity index (χ0n) is 12.2. The lowest BCUT2D eigenvalue weighted by atomic mass is 9.91. The van der Waals surface area contributed by atoms with Crippen LogP contribution in [0.15, 0.2) is 18.3 Å². The Labute approximate surface area is 121 Å². The van der Waals surface area contributed by atoms with Crippen LogP contribution in [0.25, 0.3) is 0 Å². The van der Waals surface area contributed by atoms with Gasteiger partial charge in [0.1, 0.15) is 5.82 Å². The molecule has 2 atom stereocenters. The lowest BCUT2D eigenvalue weighted by Gasteiger charge is -2.26. The third-order valence-electron chi connectivity index (χ3n) is 3.75. The number of rotatable bonds is 6. The first-order valence-electron chi connectivity index (χ1n) is 7.58. The summed E-state index contributed by atoms with van der Waals surface area (Å²) < 4.78 is 0. The second-order valence-corrected chi connectivity index (χ2v) is 6.97. The molecule has 0 radical (unpaired) electrons. The second-order valence-electron chi connectivity index (χ2n) is 5.68. The third kappa shape index (κ3) is 5.06. The smallest absolute Gasteiger partial charge is 0.126 e. The van der Waals surface area contributed by atoms with Crippen LogP contribution < -0.4 is 5.32 Å². The molecule has 2 unspecified atom stereocenters. The summed E-state index contributed by atoms with van der Waals surface area (Å²) in [5, 5.41) is 4.22. The molecule has 0 saturated heterocycles. The van der Waals surface area contributed by atoms with Gasteiger partial charge in [-0.25, -0.2) is 4.98 Å². The van der Waals surface area contributed by atoms with Gasteiger partial charge in [-0.15, -0.1) is 0 Å². The normalized spacial score (nSPS) is 23.3. The fraction of sp³-hybridized carbons (Fsp3) is 0.688. The van der Waals surface area contributed by atoms with Gasteiger partial charge in [0.15, 0.2) is 0 Å². The minimum Gasteiger partial charge on any atom is -0.370 e. The van der Waals surface area contributed by atoms with Gasteiger partial charge in [-0.3, -0.25) is 0 Å². The largest absolute Gasteiger partial charge is 0.370 e. The van der Waals surface area contributed by atoms with Gasteiger partial charge in [-0.2, -0.15) is 11.8 Å². The van der Waals surface area contributed by atoms with Crippen molar-refractivity contribution in [1.82, 2.24) is 4.98 Å². The van der Waals surface area contributed by atoms with Crippen molar-refractivity contribution >= 4 is 17.6 Å². The number of anilines is 1. The highest BCUT2D eigenvalue weighted by Gasteiger charge is 2.18. The van der Waals surface area contributed by atoms with Crippen molar-refractivity contribution in [2.75, 3.05) is 11.9 Å². The van der Waals surface area contributed by atoms with Crippen LogP contribution in [-0.2, 0) is 5.75 Å². The van der Waals surface area contributed by atoms with E-state index in [0.29, 0.717) is 0 Å². The van der Waals surface area contributed by atoms with Gasteiger partial charge < -0.3 is 5.32 Å². The number of pyridine rings is 1. The predicted molar refractivity (Wildman–Crippen MR) is 85.7 cm³/mol. The Morgan fingerprint density at radius 3 is 3.11 bits per heavy atom. The zero-order chi connectivity index (χ0) is 13.5. The maximum atomic E-state index is 4.36. The molecule has 1 heterocycles. The monoisotopic (exact) mass is 278 g/mol. The maximum absolute atomic E-state index is 4.36. The summed E-state index contributed by atoms with van der Waals surface area (Å²) >= 11 is 2.13. The van der Waals surface area contributed by atoms with E-state index < -0.39 is 0 Å². The highest BCUT2D eigenvalue weighted by Crippen LogP contribution is 2.33. The van der Waals surface area contributed by atoms with Crippen LogP contribution in [0.5, 0.6) is 0 Å². The summed E-state index contributed by atoms with van der Waals surface area (Å²) in [5.41, 5.74) is 1.40. The summed E-state index contributed by atoms with van der Waals surface area (Å²) in [7, 11) is 0. The lowest BCUT2D eigenvalue weighted by molar-refractivity contribution is 0.394. The van der Waals surface area contributed by atoms with Crippen molar-refractivity contribution in [1.29, 1.82) is 0 Å². The Balaban J connectivity index is 1.81. The van der Waals surface area contributed by atoms with Crippen LogP contribution >= 0.6 is 11.8 Å². The van der Waals surface area contributed by atoms with Crippen LogP contribution in [0.4, 0.5) is 5.82 Å². The number of nitrogens with zero attached hydrogens (tertiary/aromatic N) is 1. The summed E-state index contributed by atoms with van der Waals surface area (Å²) in [6.07, 6.45) is 8.71. The van der Waals surface area contributed by atoms with Crippen molar-refractivity contribution in [3.8, 4) is 0 Å². The molecule has 0 amide bonds. The Morgan fingerprint density at radius 1 is 1.42 bits per heavy atom. The van der Waals surface area contributed by atoms with E-state index in [1.807, 2.05) is 6.20 Å². The molecule has 1 N–H and O–H groups in total. The first kappa shape index (κ1) is 14.7. The highest BCUT2D eigenvalue weighted by atomic mass is 32.2. The molecule has 0 aliphatic heterocycles.